The molecule has 1 aliphatic heterocycles. The number of hydrogen-bond acceptors (Lipinski definition) is 5. The lowest BCUT2D eigenvalue weighted by Crippen LogP contribution is -2.44. The van der Waals surface area contributed by atoms with Crippen molar-refractivity contribution in [1.82, 2.24) is 4.90 Å². The van der Waals surface area contributed by atoms with Crippen molar-refractivity contribution < 1.29 is 23.4 Å². The lowest BCUT2D eigenvalue weighted by molar-refractivity contribution is -0.138. The number of nitrogens with zero attached hydrogens (tertiary/aromatic N) is 1. The molecule has 1 saturated heterocycles. The van der Waals surface area contributed by atoms with Crippen LogP contribution < -0.4 is 9.47 Å². The molecular formula is C19H23NO5. The van der Waals surface area contributed by atoms with Crippen LogP contribution in [-0.4, -0.2) is 43.8 Å². The zero-order valence-corrected chi connectivity index (χ0v) is 14.3. The van der Waals surface area contributed by atoms with Gasteiger partial charge >= 0.3 is 0 Å². The Hall–Kier alpha value is -2.47. The number of hydrogen-bond donors (Lipinski definition) is 0. The smallest absolute Gasteiger partial charge is 0.261 e. The van der Waals surface area contributed by atoms with Crippen LogP contribution in [0, 0.1) is 0 Å². The summed E-state index contributed by atoms with van der Waals surface area (Å²) < 4.78 is 21.7. The van der Waals surface area contributed by atoms with Gasteiger partial charge in [0.05, 0.1) is 19.9 Å². The zero-order chi connectivity index (χ0) is 17.5. The molecule has 134 valence electrons. The van der Waals surface area contributed by atoms with Gasteiger partial charge < -0.3 is 23.5 Å². The second kappa shape index (κ2) is 8.58. The van der Waals surface area contributed by atoms with Gasteiger partial charge in [-0.1, -0.05) is 6.07 Å². The van der Waals surface area contributed by atoms with Crippen molar-refractivity contribution >= 4 is 5.91 Å². The predicted octanol–water partition coefficient (Wildman–Crippen LogP) is 2.87. The molecule has 0 unspecified atom stereocenters. The molecule has 1 amide bonds. The van der Waals surface area contributed by atoms with Gasteiger partial charge in [0.25, 0.3) is 5.91 Å². The highest BCUT2D eigenvalue weighted by Gasteiger charge is 2.27. The number of carbonyl (C=O) groups excluding carboxylic acids is 1. The maximum Gasteiger partial charge on any atom is 0.261 e. The van der Waals surface area contributed by atoms with Gasteiger partial charge in [0, 0.05) is 25.3 Å². The van der Waals surface area contributed by atoms with E-state index >= 15 is 0 Å². The van der Waals surface area contributed by atoms with Gasteiger partial charge in [-0.05, 0) is 37.1 Å². The van der Waals surface area contributed by atoms with Gasteiger partial charge in [-0.2, -0.15) is 0 Å². The van der Waals surface area contributed by atoms with Crippen molar-refractivity contribution in [3.63, 3.8) is 0 Å². The van der Waals surface area contributed by atoms with Crippen molar-refractivity contribution in [3.8, 4) is 11.5 Å². The van der Waals surface area contributed by atoms with E-state index in [-0.39, 0.29) is 18.6 Å². The molecule has 0 aliphatic carbocycles. The first kappa shape index (κ1) is 17.4. The van der Waals surface area contributed by atoms with Gasteiger partial charge in [0.2, 0.25) is 0 Å². The van der Waals surface area contributed by atoms with Crippen molar-refractivity contribution in [2.24, 2.45) is 0 Å². The third-order valence-corrected chi connectivity index (χ3v) is 4.26. The lowest BCUT2D eigenvalue weighted by Gasteiger charge is -2.33. The quantitative estimate of drug-likeness (QED) is 0.772. The number of benzene rings is 1. The average Bonchev–Trinajstić information content (AvgIpc) is 3.18. The van der Waals surface area contributed by atoms with E-state index in [9.17, 15) is 4.79 Å². The Morgan fingerprint density at radius 2 is 2.00 bits per heavy atom. The first-order chi connectivity index (χ1) is 12.3. The summed E-state index contributed by atoms with van der Waals surface area (Å²) in [6.07, 6.45) is 3.27. The van der Waals surface area contributed by atoms with E-state index in [0.717, 1.165) is 18.6 Å². The summed E-state index contributed by atoms with van der Waals surface area (Å²) in [5.41, 5.74) is 0. The SMILES string of the molecule is COc1cccc(OCC(=O)N(Cc2ccco2)C2CCOCC2)c1. The third kappa shape index (κ3) is 4.76. The first-order valence-corrected chi connectivity index (χ1v) is 8.42. The molecule has 6 nitrogen and oxygen atoms in total. The fourth-order valence-electron chi connectivity index (χ4n) is 2.91. The lowest BCUT2D eigenvalue weighted by atomic mass is 10.1. The van der Waals surface area contributed by atoms with Gasteiger partial charge in [-0.25, -0.2) is 0 Å². The number of amides is 1. The molecule has 6 heteroatoms. The minimum atomic E-state index is -0.0638. The van der Waals surface area contributed by atoms with Crippen LogP contribution in [-0.2, 0) is 16.1 Å². The highest BCUT2D eigenvalue weighted by Crippen LogP contribution is 2.21. The molecule has 2 aromatic rings. The minimum Gasteiger partial charge on any atom is -0.497 e. The summed E-state index contributed by atoms with van der Waals surface area (Å²) in [6, 6.07) is 11.1. The summed E-state index contributed by atoms with van der Waals surface area (Å²) in [4.78, 5) is 14.6. The maximum absolute atomic E-state index is 12.8. The molecule has 0 saturated carbocycles. The Kier molecular flexibility index (Phi) is 5.95. The van der Waals surface area contributed by atoms with Crippen LogP contribution in [0.4, 0.5) is 0 Å². The van der Waals surface area contributed by atoms with Gasteiger partial charge in [-0.15, -0.1) is 0 Å². The Morgan fingerprint density at radius 1 is 1.20 bits per heavy atom. The van der Waals surface area contributed by atoms with Crippen LogP contribution in [0.2, 0.25) is 0 Å². The number of methoxy groups -OCH3 is 1. The van der Waals surface area contributed by atoms with E-state index in [1.807, 2.05) is 29.2 Å². The molecule has 1 aromatic carbocycles. The van der Waals surface area contributed by atoms with Crippen LogP contribution in [0.3, 0.4) is 0 Å². The molecule has 0 radical (unpaired) electrons. The number of ether oxygens (including phenoxy) is 3. The van der Waals surface area contributed by atoms with Crippen molar-refractivity contribution in [2.75, 3.05) is 26.9 Å². The molecule has 25 heavy (non-hydrogen) atoms. The van der Waals surface area contributed by atoms with Crippen LogP contribution in [0.15, 0.2) is 47.1 Å². The van der Waals surface area contributed by atoms with E-state index in [1.165, 1.54) is 0 Å². The van der Waals surface area contributed by atoms with Crippen LogP contribution >= 0.6 is 0 Å². The molecular weight excluding hydrogens is 322 g/mol. The molecule has 0 bridgehead atoms. The molecule has 1 fully saturated rings. The molecule has 3 rings (SSSR count). The van der Waals surface area contributed by atoms with Crippen LogP contribution in [0.5, 0.6) is 11.5 Å². The van der Waals surface area contributed by atoms with Crippen molar-refractivity contribution in [3.05, 3.63) is 48.4 Å². The summed E-state index contributed by atoms with van der Waals surface area (Å²) >= 11 is 0. The summed E-state index contributed by atoms with van der Waals surface area (Å²) in [7, 11) is 1.60. The fourth-order valence-corrected chi connectivity index (χ4v) is 2.91. The van der Waals surface area contributed by atoms with Gasteiger partial charge in [-0.3, -0.25) is 4.79 Å². The number of rotatable bonds is 7. The summed E-state index contributed by atoms with van der Waals surface area (Å²) in [5, 5.41) is 0. The third-order valence-electron chi connectivity index (χ3n) is 4.26. The Balaban J connectivity index is 1.65. The molecule has 1 aliphatic rings. The van der Waals surface area contributed by atoms with E-state index in [1.54, 1.807) is 25.5 Å². The standard InChI is InChI=1S/C19H23NO5/c1-22-16-4-2-5-17(12-16)25-14-19(21)20(13-18-6-3-9-24-18)15-7-10-23-11-8-15/h2-6,9,12,15H,7-8,10-11,13-14H2,1H3. The van der Waals surface area contributed by atoms with E-state index in [2.05, 4.69) is 0 Å². The molecule has 1 aromatic heterocycles. The minimum absolute atomic E-state index is 0.0226. The number of carbonyl (C=O) groups is 1. The Morgan fingerprint density at radius 3 is 2.72 bits per heavy atom. The summed E-state index contributed by atoms with van der Waals surface area (Å²) in [6.45, 7) is 1.76. The first-order valence-electron chi connectivity index (χ1n) is 8.42. The zero-order valence-electron chi connectivity index (χ0n) is 14.3. The van der Waals surface area contributed by atoms with Gasteiger partial charge in [0.1, 0.15) is 17.3 Å². The van der Waals surface area contributed by atoms with E-state index in [4.69, 9.17) is 18.6 Å². The topological polar surface area (TPSA) is 61.1 Å². The van der Waals surface area contributed by atoms with E-state index < -0.39 is 0 Å². The van der Waals surface area contributed by atoms with Crippen molar-refractivity contribution in [1.29, 1.82) is 0 Å². The largest absolute Gasteiger partial charge is 0.497 e. The molecule has 0 spiro atoms. The summed E-state index contributed by atoms with van der Waals surface area (Å²) in [5.74, 6) is 2.01. The Bertz CT molecular complexity index is 664. The van der Waals surface area contributed by atoms with Crippen molar-refractivity contribution in [2.45, 2.75) is 25.4 Å². The molecule has 2 heterocycles. The maximum atomic E-state index is 12.8. The molecule has 0 N–H and O–H groups in total. The van der Waals surface area contributed by atoms with Gasteiger partial charge in [0.15, 0.2) is 6.61 Å². The monoisotopic (exact) mass is 345 g/mol. The highest BCUT2D eigenvalue weighted by atomic mass is 16.5. The average molecular weight is 345 g/mol. The highest BCUT2D eigenvalue weighted by molar-refractivity contribution is 5.78. The van der Waals surface area contributed by atoms with Crippen LogP contribution in [0.25, 0.3) is 0 Å². The fraction of sp³-hybridized carbons (Fsp3) is 0.421. The second-order valence-electron chi connectivity index (χ2n) is 5.91. The Labute approximate surface area is 147 Å². The normalized spacial score (nSPS) is 14.9. The predicted molar refractivity (Wildman–Crippen MR) is 91.6 cm³/mol. The molecule has 0 atom stereocenters. The number of furan rings is 1. The van der Waals surface area contributed by atoms with Crippen LogP contribution in [0.1, 0.15) is 18.6 Å². The second-order valence-corrected chi connectivity index (χ2v) is 5.91. The van der Waals surface area contributed by atoms with E-state index in [0.29, 0.717) is 31.3 Å².